The molecule has 1 atom stereocenters. The van der Waals surface area contributed by atoms with Gasteiger partial charge in [-0.1, -0.05) is 23.7 Å². The Morgan fingerprint density at radius 3 is 3.06 bits per heavy atom. The van der Waals surface area contributed by atoms with E-state index in [0.717, 1.165) is 17.2 Å². The standard InChI is InChI=1S/C11H13ClN2OS/c1-7-3-2-4-8(12)10(7)14-11(15)9-5-16-6-13-9/h2-4,9,13H,5-6H2,1H3,(H,14,15). The molecule has 3 nitrogen and oxygen atoms in total. The molecule has 0 radical (unpaired) electrons. The minimum absolute atomic E-state index is 0.0128. The lowest BCUT2D eigenvalue weighted by molar-refractivity contribution is -0.117. The van der Waals surface area contributed by atoms with E-state index in [1.807, 2.05) is 19.1 Å². The molecule has 1 saturated heterocycles. The van der Waals surface area contributed by atoms with Crippen molar-refractivity contribution in [3.8, 4) is 0 Å². The molecule has 1 aliphatic heterocycles. The highest BCUT2D eigenvalue weighted by Crippen LogP contribution is 2.25. The Morgan fingerprint density at radius 2 is 2.44 bits per heavy atom. The summed E-state index contributed by atoms with van der Waals surface area (Å²) in [4.78, 5) is 11.9. The summed E-state index contributed by atoms with van der Waals surface area (Å²) >= 11 is 7.76. The number of hydrogen-bond acceptors (Lipinski definition) is 3. The molecule has 1 aliphatic rings. The highest BCUT2D eigenvalue weighted by Gasteiger charge is 2.23. The van der Waals surface area contributed by atoms with Crippen LogP contribution < -0.4 is 10.6 Å². The van der Waals surface area contributed by atoms with Crippen molar-refractivity contribution >= 4 is 35.0 Å². The average molecular weight is 257 g/mol. The number of halogens is 1. The maximum atomic E-state index is 11.9. The van der Waals surface area contributed by atoms with Crippen molar-refractivity contribution in [3.63, 3.8) is 0 Å². The number of rotatable bonds is 2. The van der Waals surface area contributed by atoms with Crippen molar-refractivity contribution in [2.24, 2.45) is 0 Å². The van der Waals surface area contributed by atoms with E-state index in [1.165, 1.54) is 0 Å². The summed E-state index contributed by atoms with van der Waals surface area (Å²) in [5.74, 6) is 1.63. The fourth-order valence-electron chi connectivity index (χ4n) is 1.56. The number of amides is 1. The minimum Gasteiger partial charge on any atom is -0.323 e. The first-order chi connectivity index (χ1) is 7.68. The van der Waals surface area contributed by atoms with Gasteiger partial charge in [-0.15, -0.1) is 11.8 Å². The lowest BCUT2D eigenvalue weighted by atomic mass is 10.2. The normalized spacial score (nSPS) is 19.8. The van der Waals surface area contributed by atoms with Crippen molar-refractivity contribution in [2.75, 3.05) is 16.9 Å². The molecule has 1 unspecified atom stereocenters. The van der Waals surface area contributed by atoms with Crippen LogP contribution in [0.4, 0.5) is 5.69 Å². The van der Waals surface area contributed by atoms with Crippen LogP contribution in [0.1, 0.15) is 5.56 Å². The van der Waals surface area contributed by atoms with E-state index in [4.69, 9.17) is 11.6 Å². The number of carbonyl (C=O) groups excluding carboxylic acids is 1. The lowest BCUT2D eigenvalue weighted by Gasteiger charge is -2.13. The lowest BCUT2D eigenvalue weighted by Crippen LogP contribution is -2.37. The zero-order valence-electron chi connectivity index (χ0n) is 8.92. The summed E-state index contributed by atoms with van der Waals surface area (Å²) in [5.41, 5.74) is 1.69. The molecule has 0 saturated carbocycles. The molecule has 16 heavy (non-hydrogen) atoms. The van der Waals surface area contributed by atoms with Crippen molar-refractivity contribution < 1.29 is 4.79 Å². The van der Waals surface area contributed by atoms with Crippen LogP contribution in [0.25, 0.3) is 0 Å². The van der Waals surface area contributed by atoms with Gasteiger partial charge in [-0.3, -0.25) is 10.1 Å². The van der Waals surface area contributed by atoms with Gasteiger partial charge in [0.25, 0.3) is 0 Å². The molecular formula is C11H13ClN2OS. The predicted molar refractivity (Wildman–Crippen MR) is 69.1 cm³/mol. The Kier molecular flexibility index (Phi) is 3.74. The first-order valence-electron chi connectivity index (χ1n) is 5.05. The number of nitrogens with one attached hydrogen (secondary N) is 2. The van der Waals surface area contributed by atoms with E-state index >= 15 is 0 Å². The Morgan fingerprint density at radius 1 is 1.62 bits per heavy atom. The van der Waals surface area contributed by atoms with Gasteiger partial charge >= 0.3 is 0 Å². The number of anilines is 1. The fraction of sp³-hybridized carbons (Fsp3) is 0.364. The maximum absolute atomic E-state index is 11.9. The molecule has 0 bridgehead atoms. The van der Waals surface area contributed by atoms with Crippen LogP contribution in [-0.4, -0.2) is 23.6 Å². The van der Waals surface area contributed by atoms with Gasteiger partial charge in [0.15, 0.2) is 0 Å². The Balaban J connectivity index is 2.11. The van der Waals surface area contributed by atoms with Gasteiger partial charge in [-0.05, 0) is 18.6 Å². The van der Waals surface area contributed by atoms with Crippen LogP contribution in [-0.2, 0) is 4.79 Å². The fourth-order valence-corrected chi connectivity index (χ4v) is 2.78. The van der Waals surface area contributed by atoms with Gasteiger partial charge in [0.2, 0.25) is 5.91 Å². The average Bonchev–Trinajstić information content (AvgIpc) is 2.76. The van der Waals surface area contributed by atoms with Gasteiger partial charge in [-0.25, -0.2) is 0 Å². The molecule has 5 heteroatoms. The summed E-state index contributed by atoms with van der Waals surface area (Å²) in [6.45, 7) is 1.93. The molecular weight excluding hydrogens is 244 g/mol. The summed E-state index contributed by atoms with van der Waals surface area (Å²) in [5, 5.41) is 6.58. The number of carbonyl (C=O) groups is 1. The second-order valence-electron chi connectivity index (χ2n) is 3.69. The van der Waals surface area contributed by atoms with E-state index < -0.39 is 0 Å². The topological polar surface area (TPSA) is 41.1 Å². The number of hydrogen-bond donors (Lipinski definition) is 2. The van der Waals surface area contributed by atoms with Gasteiger partial charge < -0.3 is 5.32 Å². The first-order valence-corrected chi connectivity index (χ1v) is 6.59. The Hall–Kier alpha value is -0.710. The van der Waals surface area contributed by atoms with E-state index in [-0.39, 0.29) is 11.9 Å². The molecule has 1 aromatic carbocycles. The highest BCUT2D eigenvalue weighted by atomic mass is 35.5. The zero-order chi connectivity index (χ0) is 11.5. The van der Waals surface area contributed by atoms with Gasteiger partial charge in [0, 0.05) is 11.6 Å². The van der Waals surface area contributed by atoms with Crippen molar-refractivity contribution in [1.29, 1.82) is 0 Å². The van der Waals surface area contributed by atoms with Gasteiger partial charge in [0.1, 0.15) is 0 Å². The zero-order valence-corrected chi connectivity index (χ0v) is 10.5. The van der Waals surface area contributed by atoms with Crippen LogP contribution in [0.5, 0.6) is 0 Å². The number of thioether (sulfide) groups is 1. The van der Waals surface area contributed by atoms with Crippen molar-refractivity contribution in [1.82, 2.24) is 5.32 Å². The Labute approximate surface area is 104 Å². The Bertz CT molecular complexity index is 385. The van der Waals surface area contributed by atoms with Gasteiger partial charge in [0.05, 0.1) is 16.8 Å². The van der Waals surface area contributed by atoms with Crippen LogP contribution in [0, 0.1) is 6.92 Å². The number of aryl methyl sites for hydroxylation is 1. The summed E-state index contributed by atoms with van der Waals surface area (Å²) < 4.78 is 0. The van der Waals surface area contributed by atoms with Crippen molar-refractivity contribution in [3.05, 3.63) is 28.8 Å². The molecule has 86 valence electrons. The third-order valence-electron chi connectivity index (χ3n) is 2.50. The van der Waals surface area contributed by atoms with Crippen LogP contribution in [0.3, 0.4) is 0 Å². The van der Waals surface area contributed by atoms with E-state index in [1.54, 1.807) is 17.8 Å². The van der Waals surface area contributed by atoms with Crippen LogP contribution >= 0.6 is 23.4 Å². The molecule has 2 N–H and O–H groups in total. The van der Waals surface area contributed by atoms with Crippen molar-refractivity contribution in [2.45, 2.75) is 13.0 Å². The quantitative estimate of drug-likeness (QED) is 0.853. The molecule has 1 amide bonds. The molecule has 0 aromatic heterocycles. The minimum atomic E-state index is -0.110. The smallest absolute Gasteiger partial charge is 0.242 e. The maximum Gasteiger partial charge on any atom is 0.242 e. The van der Waals surface area contributed by atoms with Crippen LogP contribution in [0.15, 0.2) is 18.2 Å². The largest absolute Gasteiger partial charge is 0.323 e. The van der Waals surface area contributed by atoms with Crippen LogP contribution in [0.2, 0.25) is 5.02 Å². The monoisotopic (exact) mass is 256 g/mol. The third-order valence-corrected chi connectivity index (χ3v) is 3.76. The molecule has 1 aromatic rings. The number of benzene rings is 1. The molecule has 0 aliphatic carbocycles. The SMILES string of the molecule is Cc1cccc(Cl)c1NC(=O)C1CSCN1. The molecule has 2 rings (SSSR count). The first kappa shape index (κ1) is 11.8. The molecule has 0 spiro atoms. The summed E-state index contributed by atoms with van der Waals surface area (Å²) in [6, 6.07) is 5.47. The van der Waals surface area contributed by atoms with E-state index in [9.17, 15) is 4.79 Å². The van der Waals surface area contributed by atoms with Gasteiger partial charge in [-0.2, -0.15) is 0 Å². The second kappa shape index (κ2) is 5.08. The van der Waals surface area contributed by atoms with E-state index in [0.29, 0.717) is 10.7 Å². The highest BCUT2D eigenvalue weighted by molar-refractivity contribution is 7.99. The molecule has 1 fully saturated rings. The predicted octanol–water partition coefficient (Wildman–Crippen LogP) is 2.25. The summed E-state index contributed by atoms with van der Waals surface area (Å²) in [6.07, 6.45) is 0. The number of para-hydroxylation sites is 1. The third kappa shape index (κ3) is 2.51. The molecule has 1 heterocycles. The second-order valence-corrected chi connectivity index (χ2v) is 5.13. The van der Waals surface area contributed by atoms with E-state index in [2.05, 4.69) is 10.6 Å². The summed E-state index contributed by atoms with van der Waals surface area (Å²) in [7, 11) is 0.